The summed E-state index contributed by atoms with van der Waals surface area (Å²) in [5.41, 5.74) is 5.03. The molecule has 0 unspecified atom stereocenters. The lowest BCUT2D eigenvalue weighted by Gasteiger charge is -2.21. The van der Waals surface area contributed by atoms with Crippen molar-refractivity contribution >= 4 is 15.7 Å². The predicted molar refractivity (Wildman–Crippen MR) is 97.5 cm³/mol. The molecule has 0 atom stereocenters. The smallest absolute Gasteiger partial charge is 0.229 e. The molecule has 0 aliphatic carbocycles. The van der Waals surface area contributed by atoms with Crippen molar-refractivity contribution in [1.82, 2.24) is 0 Å². The highest BCUT2D eigenvalue weighted by Crippen LogP contribution is 2.44. The third-order valence-corrected chi connectivity index (χ3v) is 4.50. The number of aryl methyl sites for hydroxylation is 3. The van der Waals surface area contributed by atoms with Crippen LogP contribution in [0.1, 0.15) is 22.3 Å². The van der Waals surface area contributed by atoms with E-state index in [1.807, 2.05) is 33.8 Å². The van der Waals surface area contributed by atoms with Gasteiger partial charge >= 0.3 is 0 Å². The molecule has 130 valence electrons. The van der Waals surface area contributed by atoms with Crippen molar-refractivity contribution < 1.29 is 18.3 Å². The van der Waals surface area contributed by atoms with Crippen LogP contribution in [0.25, 0.3) is 11.1 Å². The van der Waals surface area contributed by atoms with Crippen LogP contribution in [0.5, 0.6) is 11.5 Å². The Morgan fingerprint density at radius 2 is 1.62 bits per heavy atom. The third-order valence-electron chi connectivity index (χ3n) is 3.91. The van der Waals surface area contributed by atoms with E-state index in [9.17, 15) is 13.5 Å². The summed E-state index contributed by atoms with van der Waals surface area (Å²) in [5, 5.41) is 10.5. The van der Waals surface area contributed by atoms with Crippen molar-refractivity contribution in [3.63, 3.8) is 0 Å². The van der Waals surface area contributed by atoms with Crippen LogP contribution in [0, 0.1) is 27.7 Å². The molecule has 0 fully saturated rings. The molecule has 2 aromatic rings. The van der Waals surface area contributed by atoms with Gasteiger partial charge in [-0.25, -0.2) is 8.42 Å². The lowest BCUT2D eigenvalue weighted by molar-refractivity contribution is 0.409. The molecule has 2 aromatic carbocycles. The largest absolute Gasteiger partial charge is 0.507 e. The van der Waals surface area contributed by atoms with E-state index in [0.29, 0.717) is 22.6 Å². The number of anilines is 1. The average molecular weight is 349 g/mol. The van der Waals surface area contributed by atoms with Crippen LogP contribution in [0.2, 0.25) is 0 Å². The summed E-state index contributed by atoms with van der Waals surface area (Å²) in [6.45, 7) is 7.49. The van der Waals surface area contributed by atoms with Crippen LogP contribution in [0.3, 0.4) is 0 Å². The molecule has 0 spiro atoms. The molecule has 0 saturated carbocycles. The van der Waals surface area contributed by atoms with Gasteiger partial charge in [-0.3, -0.25) is 4.72 Å². The lowest BCUT2D eigenvalue weighted by atomic mass is 9.91. The number of nitrogens with one attached hydrogen (secondary N) is 1. The molecule has 0 aliphatic heterocycles. The maximum Gasteiger partial charge on any atom is 0.229 e. The maximum atomic E-state index is 11.8. The predicted octanol–water partition coefficient (Wildman–Crippen LogP) is 3.67. The Hall–Kier alpha value is -2.21. The van der Waals surface area contributed by atoms with Gasteiger partial charge in [0.2, 0.25) is 10.0 Å². The van der Waals surface area contributed by atoms with E-state index in [1.54, 1.807) is 19.2 Å². The number of aromatic hydroxyl groups is 1. The van der Waals surface area contributed by atoms with Crippen LogP contribution in [0.15, 0.2) is 18.2 Å². The SMILES string of the molecule is COc1c(C)cc(NS(C)(=O)=O)c(-c2c(C)cc(C)cc2O)c1C. The van der Waals surface area contributed by atoms with Gasteiger partial charge in [0.15, 0.2) is 0 Å². The number of sulfonamides is 1. The van der Waals surface area contributed by atoms with E-state index in [4.69, 9.17) is 4.74 Å². The van der Waals surface area contributed by atoms with Crippen molar-refractivity contribution in [3.8, 4) is 22.6 Å². The van der Waals surface area contributed by atoms with E-state index in [1.165, 1.54) is 0 Å². The van der Waals surface area contributed by atoms with E-state index >= 15 is 0 Å². The van der Waals surface area contributed by atoms with Gasteiger partial charge in [-0.1, -0.05) is 6.07 Å². The molecule has 0 bridgehead atoms. The van der Waals surface area contributed by atoms with E-state index in [2.05, 4.69) is 4.72 Å². The molecular formula is C18H23NO4S. The number of ether oxygens (including phenoxy) is 1. The topological polar surface area (TPSA) is 75.6 Å². The van der Waals surface area contributed by atoms with Crippen LogP contribution in [-0.2, 0) is 10.0 Å². The number of phenolic OH excluding ortho intramolecular Hbond substituents is 1. The van der Waals surface area contributed by atoms with E-state index < -0.39 is 10.0 Å². The summed E-state index contributed by atoms with van der Waals surface area (Å²) in [6.07, 6.45) is 1.10. The summed E-state index contributed by atoms with van der Waals surface area (Å²) >= 11 is 0. The van der Waals surface area contributed by atoms with Crippen molar-refractivity contribution in [2.24, 2.45) is 0 Å². The molecule has 0 saturated heterocycles. The second-order valence-electron chi connectivity index (χ2n) is 6.12. The van der Waals surface area contributed by atoms with E-state index in [-0.39, 0.29) is 5.75 Å². The first kappa shape index (κ1) is 18.1. The van der Waals surface area contributed by atoms with E-state index in [0.717, 1.165) is 28.5 Å². The van der Waals surface area contributed by atoms with Gasteiger partial charge in [-0.05, 0) is 56.5 Å². The number of hydrogen-bond acceptors (Lipinski definition) is 4. The summed E-state index contributed by atoms with van der Waals surface area (Å²) < 4.78 is 31.6. The molecule has 2 rings (SSSR count). The monoisotopic (exact) mass is 349 g/mol. The maximum absolute atomic E-state index is 11.8. The number of hydrogen-bond donors (Lipinski definition) is 2. The lowest BCUT2D eigenvalue weighted by Crippen LogP contribution is -2.12. The summed E-state index contributed by atoms with van der Waals surface area (Å²) in [5.74, 6) is 0.779. The van der Waals surface area contributed by atoms with Gasteiger partial charge in [0.25, 0.3) is 0 Å². The normalized spacial score (nSPS) is 11.4. The fourth-order valence-corrected chi connectivity index (χ4v) is 3.71. The van der Waals surface area contributed by atoms with Gasteiger partial charge in [0.05, 0.1) is 19.1 Å². The van der Waals surface area contributed by atoms with Crippen molar-refractivity contribution in [2.45, 2.75) is 27.7 Å². The van der Waals surface area contributed by atoms with Crippen LogP contribution in [0.4, 0.5) is 5.69 Å². The fourth-order valence-electron chi connectivity index (χ4n) is 3.15. The Balaban J connectivity index is 2.90. The summed E-state index contributed by atoms with van der Waals surface area (Å²) in [7, 11) is -1.89. The van der Waals surface area contributed by atoms with Crippen molar-refractivity contribution in [2.75, 3.05) is 18.1 Å². The molecule has 0 aliphatic rings. The second-order valence-corrected chi connectivity index (χ2v) is 7.87. The highest BCUT2D eigenvalue weighted by Gasteiger charge is 2.21. The molecular weight excluding hydrogens is 326 g/mol. The molecule has 5 nitrogen and oxygen atoms in total. The average Bonchev–Trinajstić information content (AvgIpc) is 2.39. The van der Waals surface area contributed by atoms with Crippen molar-refractivity contribution in [3.05, 3.63) is 40.5 Å². The number of rotatable bonds is 4. The first-order chi connectivity index (χ1) is 11.0. The third kappa shape index (κ3) is 3.48. The minimum absolute atomic E-state index is 0.109. The Kier molecular flexibility index (Phi) is 4.80. The molecule has 0 heterocycles. The molecule has 2 N–H and O–H groups in total. The Morgan fingerprint density at radius 1 is 1.00 bits per heavy atom. The molecule has 6 heteroatoms. The van der Waals surface area contributed by atoms with Gasteiger partial charge in [-0.2, -0.15) is 0 Å². The zero-order chi connectivity index (χ0) is 18.2. The van der Waals surface area contributed by atoms with Gasteiger partial charge in [0.1, 0.15) is 11.5 Å². The first-order valence-electron chi connectivity index (χ1n) is 7.51. The minimum atomic E-state index is -3.47. The minimum Gasteiger partial charge on any atom is -0.507 e. The first-order valence-corrected chi connectivity index (χ1v) is 9.41. The highest BCUT2D eigenvalue weighted by atomic mass is 32.2. The number of benzene rings is 2. The molecule has 24 heavy (non-hydrogen) atoms. The van der Waals surface area contributed by atoms with Crippen LogP contribution >= 0.6 is 0 Å². The second kappa shape index (κ2) is 6.36. The Labute approximate surface area is 143 Å². The Bertz CT molecular complexity index is 879. The van der Waals surface area contributed by atoms with Gasteiger partial charge in [0, 0.05) is 16.7 Å². The van der Waals surface area contributed by atoms with Crippen LogP contribution < -0.4 is 9.46 Å². The van der Waals surface area contributed by atoms with Crippen LogP contribution in [-0.4, -0.2) is 26.9 Å². The fraction of sp³-hybridized carbons (Fsp3) is 0.333. The van der Waals surface area contributed by atoms with Crippen molar-refractivity contribution in [1.29, 1.82) is 0 Å². The zero-order valence-electron chi connectivity index (χ0n) is 14.8. The number of phenols is 1. The standard InChI is InChI=1S/C18H23NO4S/c1-10-7-11(2)16(15(20)8-10)17-13(4)18(23-5)12(3)9-14(17)19-24(6,21)22/h7-9,19-20H,1-6H3. The van der Waals surface area contributed by atoms with Gasteiger partial charge in [-0.15, -0.1) is 0 Å². The zero-order valence-corrected chi connectivity index (χ0v) is 15.6. The quantitative estimate of drug-likeness (QED) is 0.883. The molecule has 0 radical (unpaired) electrons. The summed E-state index contributed by atoms with van der Waals surface area (Å²) in [4.78, 5) is 0. The highest BCUT2D eigenvalue weighted by molar-refractivity contribution is 7.92. The summed E-state index contributed by atoms with van der Waals surface area (Å²) in [6, 6.07) is 5.34. The number of methoxy groups -OCH3 is 1. The molecule has 0 amide bonds. The van der Waals surface area contributed by atoms with Gasteiger partial charge < -0.3 is 9.84 Å². The molecule has 0 aromatic heterocycles. The Morgan fingerprint density at radius 3 is 2.12 bits per heavy atom.